The molecule has 1 amide bonds. The maximum atomic E-state index is 12.7. The molecule has 36 heavy (non-hydrogen) atoms. The van der Waals surface area contributed by atoms with Gasteiger partial charge >= 0.3 is 0 Å². The maximum Gasteiger partial charge on any atom is 0.274 e. The van der Waals surface area contributed by atoms with Gasteiger partial charge in [0, 0.05) is 45.9 Å². The Bertz CT molecular complexity index is 1590. The minimum atomic E-state index is -0.419. The highest BCUT2D eigenvalue weighted by atomic mass is 35.5. The second-order valence-electron chi connectivity index (χ2n) is 8.50. The zero-order valence-corrected chi connectivity index (χ0v) is 21.1. The average molecular weight is 517 g/mol. The van der Waals surface area contributed by atoms with Crippen LogP contribution in [0.4, 0.5) is 11.4 Å². The number of aryl methyl sites for hydroxylation is 1. The van der Waals surface area contributed by atoms with E-state index in [1.807, 2.05) is 54.7 Å². The third-order valence-electron chi connectivity index (χ3n) is 6.08. The molecule has 1 saturated heterocycles. The van der Waals surface area contributed by atoms with Crippen LogP contribution < -0.4 is 5.32 Å². The van der Waals surface area contributed by atoms with Gasteiger partial charge in [-0.15, -0.1) is 0 Å². The van der Waals surface area contributed by atoms with Crippen LogP contribution in [0.3, 0.4) is 0 Å². The first-order valence-corrected chi connectivity index (χ1v) is 12.4. The molecule has 1 aliphatic rings. The van der Waals surface area contributed by atoms with E-state index in [1.165, 1.54) is 17.8 Å². The number of thioether (sulfide) groups is 1. The highest BCUT2D eigenvalue weighted by Gasteiger charge is 2.25. The van der Waals surface area contributed by atoms with Gasteiger partial charge in [-0.3, -0.25) is 14.9 Å². The van der Waals surface area contributed by atoms with Crippen molar-refractivity contribution in [1.29, 1.82) is 0 Å². The van der Waals surface area contributed by atoms with Crippen molar-refractivity contribution in [3.63, 3.8) is 0 Å². The zero-order chi connectivity index (χ0) is 25.4. The van der Waals surface area contributed by atoms with Crippen molar-refractivity contribution in [3.8, 4) is 0 Å². The van der Waals surface area contributed by atoms with E-state index >= 15 is 0 Å². The molecule has 1 N–H and O–H groups in total. The molecular weight excluding hydrogens is 496 g/mol. The summed E-state index contributed by atoms with van der Waals surface area (Å²) in [5.74, 6) is -0.258. The summed E-state index contributed by atoms with van der Waals surface area (Å²) < 4.78 is 2.14. The average Bonchev–Trinajstić information content (AvgIpc) is 3.37. The van der Waals surface area contributed by atoms with Crippen molar-refractivity contribution in [2.24, 2.45) is 4.99 Å². The molecule has 0 aliphatic carbocycles. The molecule has 5 rings (SSSR count). The lowest BCUT2D eigenvalue weighted by atomic mass is 10.1. The Labute approximate surface area is 216 Å². The molecular formula is C27H21ClN4O3S. The number of nitro benzene ring substituents is 1. The van der Waals surface area contributed by atoms with Crippen LogP contribution in [-0.2, 0) is 11.3 Å². The number of carbonyl (C=O) groups excluding carboxylic acids is 1. The van der Waals surface area contributed by atoms with Gasteiger partial charge in [0.1, 0.15) is 0 Å². The number of aliphatic imine (C=N–C) groups is 1. The van der Waals surface area contributed by atoms with E-state index in [0.29, 0.717) is 32.9 Å². The molecule has 3 aromatic carbocycles. The topological polar surface area (TPSA) is 89.5 Å². The third-order valence-corrected chi connectivity index (χ3v) is 7.24. The van der Waals surface area contributed by atoms with Gasteiger partial charge in [-0.05, 0) is 67.1 Å². The standard InChI is InChI=1S/C27H21ClN4O3S/c1-16-11-21(13-24(17(16)2)32(34)35)29-27-30-26(33)25(36-27)12-19-15-31(23-6-4-3-5-22(19)23)14-18-7-9-20(28)10-8-18/h3-13,15H,14H2,1-2H3,(H,29,30,33)/b25-12-. The summed E-state index contributed by atoms with van der Waals surface area (Å²) in [5, 5.41) is 16.3. The molecule has 0 saturated carbocycles. The molecule has 0 atom stereocenters. The van der Waals surface area contributed by atoms with E-state index in [1.54, 1.807) is 19.9 Å². The van der Waals surface area contributed by atoms with E-state index in [2.05, 4.69) is 20.9 Å². The van der Waals surface area contributed by atoms with Crippen molar-refractivity contribution in [3.05, 3.63) is 109 Å². The number of nitro groups is 1. The number of carbonyl (C=O) groups is 1. The molecule has 0 bridgehead atoms. The normalized spacial score (nSPS) is 15.7. The fourth-order valence-electron chi connectivity index (χ4n) is 4.12. The van der Waals surface area contributed by atoms with Gasteiger partial charge < -0.3 is 9.88 Å². The van der Waals surface area contributed by atoms with E-state index in [-0.39, 0.29) is 11.6 Å². The number of rotatable bonds is 5. The predicted molar refractivity (Wildman–Crippen MR) is 146 cm³/mol. The summed E-state index contributed by atoms with van der Waals surface area (Å²) in [5.41, 5.74) is 4.88. The monoisotopic (exact) mass is 516 g/mol. The van der Waals surface area contributed by atoms with Gasteiger partial charge in [0.05, 0.1) is 15.5 Å². The minimum Gasteiger partial charge on any atom is -0.342 e. The van der Waals surface area contributed by atoms with Crippen LogP contribution in [0, 0.1) is 24.0 Å². The van der Waals surface area contributed by atoms with Crippen LogP contribution in [0.15, 0.2) is 76.8 Å². The quantitative estimate of drug-likeness (QED) is 0.180. The summed E-state index contributed by atoms with van der Waals surface area (Å²) in [6.07, 6.45) is 3.88. The largest absolute Gasteiger partial charge is 0.342 e. The van der Waals surface area contributed by atoms with Gasteiger partial charge in [0.25, 0.3) is 11.6 Å². The van der Waals surface area contributed by atoms with Gasteiger partial charge in [-0.1, -0.05) is 41.9 Å². The van der Waals surface area contributed by atoms with Crippen molar-refractivity contribution >= 4 is 62.8 Å². The number of para-hydroxylation sites is 1. The van der Waals surface area contributed by atoms with E-state index in [9.17, 15) is 14.9 Å². The zero-order valence-electron chi connectivity index (χ0n) is 19.5. The molecule has 180 valence electrons. The molecule has 1 fully saturated rings. The van der Waals surface area contributed by atoms with Crippen molar-refractivity contribution in [2.75, 3.05) is 0 Å². The predicted octanol–water partition coefficient (Wildman–Crippen LogP) is 6.76. The number of benzene rings is 3. The molecule has 0 unspecified atom stereocenters. The summed E-state index contributed by atoms with van der Waals surface area (Å²) in [4.78, 5) is 28.7. The number of aromatic nitrogens is 1. The van der Waals surface area contributed by atoms with Crippen LogP contribution in [0.25, 0.3) is 17.0 Å². The SMILES string of the molecule is Cc1cc(N=C2NC(=O)/C(=C/c3cn(Cc4ccc(Cl)cc4)c4ccccc34)S2)cc([N+](=O)[O-])c1C. The third kappa shape index (κ3) is 4.78. The first kappa shape index (κ1) is 23.8. The first-order chi connectivity index (χ1) is 17.3. The number of nitrogens with zero attached hydrogens (tertiary/aromatic N) is 3. The van der Waals surface area contributed by atoms with Crippen LogP contribution in [0.5, 0.6) is 0 Å². The number of nitrogens with one attached hydrogen (secondary N) is 1. The number of fused-ring (bicyclic) bond motifs is 1. The lowest BCUT2D eigenvalue weighted by molar-refractivity contribution is -0.385. The maximum absolute atomic E-state index is 12.7. The number of hydrogen-bond donors (Lipinski definition) is 1. The number of hydrogen-bond acceptors (Lipinski definition) is 5. The van der Waals surface area contributed by atoms with Crippen molar-refractivity contribution < 1.29 is 9.72 Å². The molecule has 1 aromatic heterocycles. The molecule has 1 aliphatic heterocycles. The van der Waals surface area contributed by atoms with E-state index in [0.717, 1.165) is 27.6 Å². The number of amidine groups is 1. The van der Waals surface area contributed by atoms with Crippen molar-refractivity contribution in [1.82, 2.24) is 9.88 Å². The first-order valence-electron chi connectivity index (χ1n) is 11.2. The Morgan fingerprint density at radius 1 is 1.14 bits per heavy atom. The highest BCUT2D eigenvalue weighted by molar-refractivity contribution is 8.18. The molecule has 0 spiro atoms. The Morgan fingerprint density at radius 3 is 2.64 bits per heavy atom. The summed E-state index contributed by atoms with van der Waals surface area (Å²) >= 11 is 7.24. The summed E-state index contributed by atoms with van der Waals surface area (Å²) in [6, 6.07) is 19.0. The lowest BCUT2D eigenvalue weighted by Crippen LogP contribution is -2.19. The fraction of sp³-hybridized carbons (Fsp3) is 0.111. The second kappa shape index (κ2) is 9.64. The van der Waals surface area contributed by atoms with Gasteiger partial charge in [-0.25, -0.2) is 4.99 Å². The molecule has 4 aromatic rings. The van der Waals surface area contributed by atoms with Crippen molar-refractivity contribution in [2.45, 2.75) is 20.4 Å². The smallest absolute Gasteiger partial charge is 0.274 e. The summed E-state index contributed by atoms with van der Waals surface area (Å²) in [7, 11) is 0. The molecule has 9 heteroatoms. The van der Waals surface area contributed by atoms with Crippen LogP contribution in [-0.4, -0.2) is 20.6 Å². The van der Waals surface area contributed by atoms with Gasteiger partial charge in [0.2, 0.25) is 0 Å². The Hall–Kier alpha value is -3.88. The van der Waals surface area contributed by atoms with Gasteiger partial charge in [0.15, 0.2) is 5.17 Å². The summed E-state index contributed by atoms with van der Waals surface area (Å²) in [6.45, 7) is 4.18. The molecule has 2 heterocycles. The lowest BCUT2D eigenvalue weighted by Gasteiger charge is -2.05. The Kier molecular flexibility index (Phi) is 6.38. The number of halogens is 1. The Morgan fingerprint density at radius 2 is 1.89 bits per heavy atom. The molecule has 7 nitrogen and oxygen atoms in total. The fourth-order valence-corrected chi connectivity index (χ4v) is 5.08. The Balaban J connectivity index is 1.46. The highest BCUT2D eigenvalue weighted by Crippen LogP contribution is 2.33. The minimum absolute atomic E-state index is 0.00735. The number of amides is 1. The van der Waals surface area contributed by atoms with Crippen LogP contribution in [0.2, 0.25) is 5.02 Å². The van der Waals surface area contributed by atoms with Crippen LogP contribution >= 0.6 is 23.4 Å². The second-order valence-corrected chi connectivity index (χ2v) is 9.97. The van der Waals surface area contributed by atoms with Crippen LogP contribution in [0.1, 0.15) is 22.3 Å². The molecule has 0 radical (unpaired) electrons. The van der Waals surface area contributed by atoms with Gasteiger partial charge in [-0.2, -0.15) is 0 Å². The van der Waals surface area contributed by atoms with E-state index < -0.39 is 4.92 Å². The van der Waals surface area contributed by atoms with E-state index in [4.69, 9.17) is 11.6 Å².